The number of fused-ring (bicyclic) bond motifs is 1. The molecule has 0 aliphatic rings. The summed E-state index contributed by atoms with van der Waals surface area (Å²) in [4.78, 5) is 14.1. The van der Waals surface area contributed by atoms with E-state index in [9.17, 15) is 4.79 Å². The van der Waals surface area contributed by atoms with E-state index in [1.807, 2.05) is 25.1 Å². The van der Waals surface area contributed by atoms with E-state index in [2.05, 4.69) is 20.9 Å². The molecule has 1 aromatic heterocycles. The Bertz CT molecular complexity index is 545. The van der Waals surface area contributed by atoms with Crippen LogP contribution in [0.15, 0.2) is 22.7 Å². The van der Waals surface area contributed by atoms with E-state index in [0.717, 1.165) is 33.8 Å². The van der Waals surface area contributed by atoms with Crippen LogP contribution in [0.2, 0.25) is 0 Å². The van der Waals surface area contributed by atoms with Gasteiger partial charge in [-0.3, -0.25) is 0 Å². The Morgan fingerprint density at radius 2 is 2.25 bits per heavy atom. The normalized spacial score (nSPS) is 10.9. The Balaban J connectivity index is 2.77. The van der Waals surface area contributed by atoms with Gasteiger partial charge in [0.05, 0.1) is 0 Å². The Morgan fingerprint density at radius 3 is 2.88 bits per heavy atom. The van der Waals surface area contributed by atoms with Crippen molar-refractivity contribution in [2.24, 2.45) is 0 Å². The molecule has 0 bridgehead atoms. The van der Waals surface area contributed by atoms with E-state index < -0.39 is 5.97 Å². The first kappa shape index (κ1) is 11.2. The van der Waals surface area contributed by atoms with E-state index in [0.29, 0.717) is 5.69 Å². The van der Waals surface area contributed by atoms with Crippen LogP contribution in [0.1, 0.15) is 29.4 Å². The van der Waals surface area contributed by atoms with Crippen molar-refractivity contribution >= 4 is 32.8 Å². The first-order valence-electron chi connectivity index (χ1n) is 5.17. The fourth-order valence-corrected chi connectivity index (χ4v) is 2.56. The lowest BCUT2D eigenvalue weighted by molar-refractivity contribution is 0.0690. The van der Waals surface area contributed by atoms with Crippen molar-refractivity contribution in [1.29, 1.82) is 0 Å². The molecule has 4 heteroatoms. The lowest BCUT2D eigenvalue weighted by atomic mass is 10.1. The summed E-state index contributed by atoms with van der Waals surface area (Å²) in [5.41, 5.74) is 2.07. The average Bonchev–Trinajstić information content (AvgIpc) is 2.59. The number of benzene rings is 1. The molecule has 0 amide bonds. The Labute approximate surface area is 102 Å². The molecule has 2 rings (SSSR count). The van der Waals surface area contributed by atoms with E-state index in [-0.39, 0.29) is 0 Å². The van der Waals surface area contributed by atoms with Crippen LogP contribution in [0.3, 0.4) is 0 Å². The zero-order chi connectivity index (χ0) is 11.7. The van der Waals surface area contributed by atoms with E-state index in [4.69, 9.17) is 5.11 Å². The molecule has 0 fully saturated rings. The van der Waals surface area contributed by atoms with Crippen LogP contribution >= 0.6 is 15.9 Å². The fourth-order valence-electron chi connectivity index (χ4n) is 1.95. The van der Waals surface area contributed by atoms with Crippen LogP contribution < -0.4 is 0 Å². The molecule has 0 spiro atoms. The summed E-state index contributed by atoms with van der Waals surface area (Å²) in [6.07, 6.45) is 1.69. The predicted octanol–water partition coefficient (Wildman–Crippen LogP) is 3.58. The van der Waals surface area contributed by atoms with Crippen LogP contribution in [0.5, 0.6) is 0 Å². The molecule has 84 valence electrons. The highest BCUT2D eigenvalue weighted by atomic mass is 79.9. The summed E-state index contributed by atoms with van der Waals surface area (Å²) in [6.45, 7) is 2.04. The number of nitrogens with one attached hydrogen (secondary N) is 1. The van der Waals surface area contributed by atoms with Crippen molar-refractivity contribution in [2.45, 2.75) is 19.8 Å². The quantitative estimate of drug-likeness (QED) is 0.904. The van der Waals surface area contributed by atoms with Gasteiger partial charge in [-0.15, -0.1) is 0 Å². The maximum absolute atomic E-state index is 11.1. The van der Waals surface area contributed by atoms with Gasteiger partial charge in [-0.2, -0.15) is 0 Å². The molecular formula is C12H12BrNO2. The van der Waals surface area contributed by atoms with Gasteiger partial charge in [0.15, 0.2) is 0 Å². The van der Waals surface area contributed by atoms with Crippen molar-refractivity contribution in [2.75, 3.05) is 0 Å². The van der Waals surface area contributed by atoms with Crippen LogP contribution in [-0.4, -0.2) is 16.1 Å². The highest BCUT2D eigenvalue weighted by molar-refractivity contribution is 9.10. The molecule has 0 aliphatic heterocycles. The molecule has 0 radical (unpaired) electrons. The fraction of sp³-hybridized carbons (Fsp3) is 0.250. The van der Waals surface area contributed by atoms with Crippen molar-refractivity contribution in [1.82, 2.24) is 4.98 Å². The monoisotopic (exact) mass is 281 g/mol. The summed E-state index contributed by atoms with van der Waals surface area (Å²) in [5, 5.41) is 10.1. The number of H-pyrrole nitrogens is 1. The molecule has 0 atom stereocenters. The van der Waals surface area contributed by atoms with Gasteiger partial charge in [-0.1, -0.05) is 35.3 Å². The number of carboxylic acids is 1. The van der Waals surface area contributed by atoms with Crippen LogP contribution in [0.4, 0.5) is 0 Å². The smallest absolute Gasteiger partial charge is 0.352 e. The molecule has 3 nitrogen and oxygen atoms in total. The SMILES string of the molecule is CCCc1c(C(=O)O)[nH]c2cccc(Br)c12. The number of aryl methyl sites for hydroxylation is 1. The molecule has 16 heavy (non-hydrogen) atoms. The van der Waals surface area contributed by atoms with Gasteiger partial charge in [0.25, 0.3) is 0 Å². The number of aromatic carboxylic acids is 1. The molecule has 0 saturated carbocycles. The van der Waals surface area contributed by atoms with E-state index in [1.165, 1.54) is 0 Å². The summed E-state index contributed by atoms with van der Waals surface area (Å²) >= 11 is 3.47. The second-order valence-electron chi connectivity index (χ2n) is 3.70. The largest absolute Gasteiger partial charge is 0.477 e. The van der Waals surface area contributed by atoms with Crippen molar-refractivity contribution in [3.05, 3.63) is 33.9 Å². The first-order chi connectivity index (χ1) is 7.65. The molecule has 2 aromatic rings. The zero-order valence-corrected chi connectivity index (χ0v) is 10.5. The Hall–Kier alpha value is -1.29. The summed E-state index contributed by atoms with van der Waals surface area (Å²) in [7, 11) is 0. The Morgan fingerprint density at radius 1 is 1.50 bits per heavy atom. The third kappa shape index (κ3) is 1.73. The molecule has 2 N–H and O–H groups in total. The number of hydrogen-bond donors (Lipinski definition) is 2. The molecule has 0 aliphatic carbocycles. The summed E-state index contributed by atoms with van der Waals surface area (Å²) in [5.74, 6) is -0.897. The third-order valence-corrected chi connectivity index (χ3v) is 3.25. The van der Waals surface area contributed by atoms with Gasteiger partial charge in [0.1, 0.15) is 5.69 Å². The van der Waals surface area contributed by atoms with Gasteiger partial charge in [0, 0.05) is 15.4 Å². The molecule has 0 saturated heterocycles. The molecular weight excluding hydrogens is 270 g/mol. The van der Waals surface area contributed by atoms with Crippen molar-refractivity contribution in [3.63, 3.8) is 0 Å². The van der Waals surface area contributed by atoms with Gasteiger partial charge in [0.2, 0.25) is 0 Å². The average molecular weight is 282 g/mol. The van der Waals surface area contributed by atoms with Crippen molar-refractivity contribution < 1.29 is 9.90 Å². The van der Waals surface area contributed by atoms with E-state index >= 15 is 0 Å². The third-order valence-electron chi connectivity index (χ3n) is 2.59. The number of hydrogen-bond acceptors (Lipinski definition) is 1. The molecule has 1 aromatic carbocycles. The number of aromatic nitrogens is 1. The number of rotatable bonds is 3. The van der Waals surface area contributed by atoms with Gasteiger partial charge < -0.3 is 10.1 Å². The minimum atomic E-state index is -0.897. The highest BCUT2D eigenvalue weighted by Crippen LogP contribution is 2.30. The van der Waals surface area contributed by atoms with Gasteiger partial charge >= 0.3 is 5.97 Å². The number of halogens is 1. The van der Waals surface area contributed by atoms with Crippen LogP contribution in [-0.2, 0) is 6.42 Å². The summed E-state index contributed by atoms with van der Waals surface area (Å²) < 4.78 is 0.942. The zero-order valence-electron chi connectivity index (χ0n) is 8.88. The van der Waals surface area contributed by atoms with E-state index in [1.54, 1.807) is 0 Å². The summed E-state index contributed by atoms with van der Waals surface area (Å²) in [6, 6.07) is 5.72. The highest BCUT2D eigenvalue weighted by Gasteiger charge is 2.17. The number of carboxylic acid groups (broad SMARTS) is 1. The van der Waals surface area contributed by atoms with Gasteiger partial charge in [-0.05, 0) is 24.1 Å². The lowest BCUT2D eigenvalue weighted by Gasteiger charge is -2.00. The van der Waals surface area contributed by atoms with Crippen LogP contribution in [0, 0.1) is 0 Å². The second-order valence-corrected chi connectivity index (χ2v) is 4.55. The standard InChI is InChI=1S/C12H12BrNO2/c1-2-4-7-10-8(13)5-3-6-9(10)14-11(7)12(15)16/h3,5-6,14H,2,4H2,1H3,(H,15,16). The second kappa shape index (κ2) is 4.29. The van der Waals surface area contributed by atoms with Gasteiger partial charge in [-0.25, -0.2) is 4.79 Å². The topological polar surface area (TPSA) is 53.1 Å². The molecule has 0 unspecified atom stereocenters. The first-order valence-corrected chi connectivity index (χ1v) is 5.96. The minimum Gasteiger partial charge on any atom is -0.477 e. The van der Waals surface area contributed by atoms with Crippen molar-refractivity contribution in [3.8, 4) is 0 Å². The number of carbonyl (C=O) groups is 1. The minimum absolute atomic E-state index is 0.309. The number of aromatic amines is 1. The maximum atomic E-state index is 11.1. The maximum Gasteiger partial charge on any atom is 0.352 e. The lowest BCUT2D eigenvalue weighted by Crippen LogP contribution is -2.01. The molecule has 1 heterocycles. The van der Waals surface area contributed by atoms with Crippen LogP contribution in [0.25, 0.3) is 10.9 Å². The predicted molar refractivity (Wildman–Crippen MR) is 67.0 cm³/mol. The Kier molecular flexibility index (Phi) is 3.01.